The number of benzene rings is 1. The molecular weight excluding hydrogens is 270 g/mol. The molecule has 0 spiro atoms. The second kappa shape index (κ2) is 6.43. The molecule has 2 unspecified atom stereocenters. The van der Waals surface area contributed by atoms with Crippen LogP contribution in [0.4, 0.5) is 5.69 Å². The first kappa shape index (κ1) is 15.1. The maximum absolute atomic E-state index is 12.3. The molecule has 2 rings (SSSR count). The van der Waals surface area contributed by atoms with Crippen LogP contribution in [-0.4, -0.2) is 24.1 Å². The Morgan fingerprint density at radius 2 is 1.90 bits per heavy atom. The molecule has 0 saturated carbocycles. The van der Waals surface area contributed by atoms with Gasteiger partial charge in [0, 0.05) is 5.69 Å². The summed E-state index contributed by atoms with van der Waals surface area (Å²) in [6.07, 6.45) is 2.79. The lowest BCUT2D eigenvalue weighted by Crippen LogP contribution is -2.35. The minimum absolute atomic E-state index is 0.250. The zero-order valence-corrected chi connectivity index (χ0v) is 12.1. The van der Waals surface area contributed by atoms with Gasteiger partial charge in [-0.1, -0.05) is 11.6 Å². The SMILES string of the molecule is COc1ccc(NC(=O)C2CC(C)=CCC2C(=O)O)cc1. The van der Waals surface area contributed by atoms with Crippen molar-refractivity contribution in [3.63, 3.8) is 0 Å². The molecule has 112 valence electrons. The van der Waals surface area contributed by atoms with E-state index in [9.17, 15) is 14.7 Å². The molecule has 5 heteroatoms. The molecule has 1 aliphatic carbocycles. The first-order valence-electron chi connectivity index (χ1n) is 6.84. The van der Waals surface area contributed by atoms with E-state index in [1.807, 2.05) is 13.0 Å². The summed E-state index contributed by atoms with van der Waals surface area (Å²) in [7, 11) is 1.57. The van der Waals surface area contributed by atoms with Gasteiger partial charge >= 0.3 is 5.97 Å². The van der Waals surface area contributed by atoms with E-state index in [0.717, 1.165) is 5.57 Å². The number of allylic oxidation sites excluding steroid dienone is 2. The Kier molecular flexibility index (Phi) is 4.62. The third-order valence-corrected chi connectivity index (χ3v) is 3.76. The Bertz CT molecular complexity index is 562. The molecule has 1 amide bonds. The van der Waals surface area contributed by atoms with Gasteiger partial charge in [0.2, 0.25) is 5.91 Å². The molecule has 5 nitrogen and oxygen atoms in total. The maximum Gasteiger partial charge on any atom is 0.307 e. The molecular formula is C16H19NO4. The number of carboxylic acid groups (broad SMARTS) is 1. The predicted octanol–water partition coefficient (Wildman–Crippen LogP) is 2.69. The number of anilines is 1. The lowest BCUT2D eigenvalue weighted by atomic mass is 9.79. The Morgan fingerprint density at radius 3 is 2.48 bits per heavy atom. The monoisotopic (exact) mass is 289 g/mol. The largest absolute Gasteiger partial charge is 0.497 e. The predicted molar refractivity (Wildman–Crippen MR) is 79.2 cm³/mol. The van der Waals surface area contributed by atoms with Crippen LogP contribution < -0.4 is 10.1 Å². The van der Waals surface area contributed by atoms with Crippen LogP contribution in [0.1, 0.15) is 19.8 Å². The molecule has 2 atom stereocenters. The van der Waals surface area contributed by atoms with Crippen molar-refractivity contribution in [2.24, 2.45) is 11.8 Å². The Balaban J connectivity index is 2.10. The number of carbonyl (C=O) groups is 2. The van der Waals surface area contributed by atoms with E-state index < -0.39 is 17.8 Å². The third-order valence-electron chi connectivity index (χ3n) is 3.76. The quantitative estimate of drug-likeness (QED) is 0.836. The Labute approximate surface area is 123 Å². The summed E-state index contributed by atoms with van der Waals surface area (Å²) in [5.41, 5.74) is 1.69. The Morgan fingerprint density at radius 1 is 1.24 bits per heavy atom. The van der Waals surface area contributed by atoms with E-state index in [0.29, 0.717) is 24.3 Å². The molecule has 0 radical (unpaired) electrons. The zero-order valence-electron chi connectivity index (χ0n) is 12.1. The van der Waals surface area contributed by atoms with Crippen molar-refractivity contribution in [3.8, 4) is 5.75 Å². The van der Waals surface area contributed by atoms with E-state index in [4.69, 9.17) is 4.74 Å². The number of methoxy groups -OCH3 is 1. The molecule has 1 aliphatic rings. The fourth-order valence-corrected chi connectivity index (χ4v) is 2.52. The second-order valence-electron chi connectivity index (χ2n) is 5.26. The topological polar surface area (TPSA) is 75.6 Å². The van der Waals surface area contributed by atoms with Crippen LogP contribution in [0.2, 0.25) is 0 Å². The smallest absolute Gasteiger partial charge is 0.307 e. The van der Waals surface area contributed by atoms with Crippen molar-refractivity contribution in [1.29, 1.82) is 0 Å². The molecule has 0 saturated heterocycles. The van der Waals surface area contributed by atoms with Crippen LogP contribution in [0.5, 0.6) is 5.75 Å². The molecule has 0 aromatic heterocycles. The highest BCUT2D eigenvalue weighted by Gasteiger charge is 2.35. The van der Waals surface area contributed by atoms with E-state index in [1.54, 1.807) is 31.4 Å². The highest BCUT2D eigenvalue weighted by atomic mass is 16.5. The average Bonchev–Trinajstić information content (AvgIpc) is 2.47. The van der Waals surface area contributed by atoms with Crippen LogP contribution >= 0.6 is 0 Å². The van der Waals surface area contributed by atoms with E-state index in [1.165, 1.54) is 0 Å². The summed E-state index contributed by atoms with van der Waals surface area (Å²) in [4.78, 5) is 23.6. The highest BCUT2D eigenvalue weighted by Crippen LogP contribution is 2.31. The summed E-state index contributed by atoms with van der Waals surface area (Å²) in [5.74, 6) is -1.66. The van der Waals surface area contributed by atoms with Gasteiger partial charge in [0.15, 0.2) is 0 Å². The van der Waals surface area contributed by atoms with Crippen LogP contribution in [0.25, 0.3) is 0 Å². The summed E-state index contributed by atoms with van der Waals surface area (Å²) in [6, 6.07) is 6.96. The summed E-state index contributed by atoms with van der Waals surface area (Å²) >= 11 is 0. The van der Waals surface area contributed by atoms with Crippen molar-refractivity contribution in [1.82, 2.24) is 0 Å². The number of ether oxygens (including phenoxy) is 1. The number of nitrogens with one attached hydrogen (secondary N) is 1. The van der Waals surface area contributed by atoms with E-state index >= 15 is 0 Å². The van der Waals surface area contributed by atoms with Crippen molar-refractivity contribution < 1.29 is 19.4 Å². The fourth-order valence-electron chi connectivity index (χ4n) is 2.52. The third kappa shape index (κ3) is 3.62. The van der Waals surface area contributed by atoms with Crippen molar-refractivity contribution in [2.45, 2.75) is 19.8 Å². The fraction of sp³-hybridized carbons (Fsp3) is 0.375. The number of hydrogen-bond acceptors (Lipinski definition) is 3. The summed E-state index contributed by atoms with van der Waals surface area (Å²) in [5, 5.41) is 12.0. The molecule has 0 fully saturated rings. The van der Waals surface area contributed by atoms with Gasteiger partial charge in [-0.15, -0.1) is 0 Å². The molecule has 0 aliphatic heterocycles. The molecule has 21 heavy (non-hydrogen) atoms. The molecule has 0 heterocycles. The van der Waals surface area contributed by atoms with Crippen LogP contribution in [-0.2, 0) is 9.59 Å². The Hall–Kier alpha value is -2.30. The van der Waals surface area contributed by atoms with Crippen molar-refractivity contribution in [3.05, 3.63) is 35.9 Å². The maximum atomic E-state index is 12.3. The number of hydrogen-bond donors (Lipinski definition) is 2. The van der Waals surface area contributed by atoms with Gasteiger partial charge in [0.1, 0.15) is 5.75 Å². The van der Waals surface area contributed by atoms with Crippen LogP contribution in [0.3, 0.4) is 0 Å². The molecule has 0 bridgehead atoms. The number of rotatable bonds is 4. The van der Waals surface area contributed by atoms with Gasteiger partial charge in [0.25, 0.3) is 0 Å². The lowest BCUT2D eigenvalue weighted by Gasteiger charge is -2.26. The first-order chi connectivity index (χ1) is 10.0. The van der Waals surface area contributed by atoms with Gasteiger partial charge in [-0.2, -0.15) is 0 Å². The molecule has 1 aromatic rings. The number of carboxylic acids is 1. The minimum Gasteiger partial charge on any atom is -0.497 e. The highest BCUT2D eigenvalue weighted by molar-refractivity contribution is 5.95. The zero-order chi connectivity index (χ0) is 15.4. The first-order valence-corrected chi connectivity index (χ1v) is 6.84. The van der Waals surface area contributed by atoms with Crippen molar-refractivity contribution in [2.75, 3.05) is 12.4 Å². The summed E-state index contributed by atoms with van der Waals surface area (Å²) in [6.45, 7) is 1.92. The lowest BCUT2D eigenvalue weighted by molar-refractivity contribution is -0.146. The number of aliphatic carboxylic acids is 1. The van der Waals surface area contributed by atoms with Crippen LogP contribution in [0.15, 0.2) is 35.9 Å². The van der Waals surface area contributed by atoms with Crippen LogP contribution in [0, 0.1) is 11.8 Å². The van der Waals surface area contributed by atoms with E-state index in [2.05, 4.69) is 5.32 Å². The van der Waals surface area contributed by atoms with Gasteiger partial charge in [0.05, 0.1) is 18.9 Å². The van der Waals surface area contributed by atoms with E-state index in [-0.39, 0.29) is 5.91 Å². The number of carbonyl (C=O) groups excluding carboxylic acids is 1. The number of amides is 1. The average molecular weight is 289 g/mol. The van der Waals surface area contributed by atoms with Gasteiger partial charge in [-0.05, 0) is 44.0 Å². The van der Waals surface area contributed by atoms with Gasteiger partial charge in [-0.3, -0.25) is 9.59 Å². The molecule has 2 N–H and O–H groups in total. The normalized spacial score (nSPS) is 21.3. The second-order valence-corrected chi connectivity index (χ2v) is 5.26. The standard InChI is InChI=1S/C16H19NO4/c1-10-3-8-13(16(19)20)14(9-10)15(18)17-11-4-6-12(21-2)7-5-11/h3-7,13-14H,8-9H2,1-2H3,(H,17,18)(H,19,20). The summed E-state index contributed by atoms with van der Waals surface area (Å²) < 4.78 is 5.06. The van der Waals surface area contributed by atoms with Crippen molar-refractivity contribution >= 4 is 17.6 Å². The van der Waals surface area contributed by atoms with Gasteiger partial charge < -0.3 is 15.2 Å². The minimum atomic E-state index is -0.923. The molecule has 1 aromatic carbocycles. The van der Waals surface area contributed by atoms with Gasteiger partial charge in [-0.25, -0.2) is 0 Å².